The number of benzene rings is 1. The van der Waals surface area contributed by atoms with Gasteiger partial charge in [0.1, 0.15) is 0 Å². The van der Waals surface area contributed by atoms with Gasteiger partial charge in [0.25, 0.3) is 0 Å². The molecule has 5 heteroatoms. The van der Waals surface area contributed by atoms with Crippen molar-refractivity contribution >= 4 is 11.8 Å². The van der Waals surface area contributed by atoms with Crippen molar-refractivity contribution in [2.24, 2.45) is 7.05 Å². The molecule has 3 aromatic rings. The third-order valence-electron chi connectivity index (χ3n) is 3.74. The lowest BCUT2D eigenvalue weighted by Gasteiger charge is -2.02. The Balaban J connectivity index is 1.68. The summed E-state index contributed by atoms with van der Waals surface area (Å²) in [6.07, 6.45) is 3.17. The highest BCUT2D eigenvalue weighted by molar-refractivity contribution is 7.98. The summed E-state index contributed by atoms with van der Waals surface area (Å²) in [5.74, 6) is 9.15. The molecule has 0 aliphatic carbocycles. The maximum Gasteiger partial charge on any atom is 0.200 e. The maximum atomic E-state index is 5.80. The molecular weight excluding hydrogens is 330 g/mol. The number of thioether (sulfide) groups is 1. The Bertz CT molecular complexity index is 871. The predicted molar refractivity (Wildman–Crippen MR) is 101 cm³/mol. The van der Waals surface area contributed by atoms with Crippen molar-refractivity contribution in [1.29, 1.82) is 0 Å². The van der Waals surface area contributed by atoms with Crippen LogP contribution in [0.1, 0.15) is 37.5 Å². The van der Waals surface area contributed by atoms with Gasteiger partial charge < -0.3 is 8.98 Å². The van der Waals surface area contributed by atoms with Crippen LogP contribution in [0, 0.1) is 11.8 Å². The molecule has 0 spiro atoms. The predicted octanol–water partition coefficient (Wildman–Crippen LogP) is 4.91. The molecule has 0 saturated heterocycles. The Morgan fingerprint density at radius 2 is 1.96 bits per heavy atom. The van der Waals surface area contributed by atoms with Crippen LogP contribution in [0.2, 0.25) is 0 Å². The maximum absolute atomic E-state index is 5.80. The molecule has 0 unspecified atom stereocenters. The minimum absolute atomic E-state index is 0.674. The molecule has 0 bridgehead atoms. The topological polar surface area (TPSA) is 43.9 Å². The zero-order valence-electron chi connectivity index (χ0n) is 14.5. The number of hydrogen-bond acceptors (Lipinski definition) is 4. The van der Waals surface area contributed by atoms with Crippen molar-refractivity contribution in [2.75, 3.05) is 0 Å². The Hall–Kier alpha value is -2.45. The third kappa shape index (κ3) is 4.55. The van der Waals surface area contributed by atoms with Gasteiger partial charge in [0.05, 0.1) is 0 Å². The Kier molecular flexibility index (Phi) is 5.97. The smallest absolute Gasteiger partial charge is 0.200 e. The van der Waals surface area contributed by atoms with Crippen molar-refractivity contribution in [3.8, 4) is 23.4 Å². The number of hydrogen-bond donors (Lipinski definition) is 0. The molecular formula is C20H21N3OS. The quantitative estimate of drug-likeness (QED) is 0.360. The van der Waals surface area contributed by atoms with Crippen LogP contribution < -0.4 is 0 Å². The van der Waals surface area contributed by atoms with E-state index in [1.165, 1.54) is 5.56 Å². The summed E-state index contributed by atoms with van der Waals surface area (Å²) in [6.45, 7) is 2.16. The molecule has 25 heavy (non-hydrogen) atoms. The number of rotatable bonds is 6. The van der Waals surface area contributed by atoms with Crippen LogP contribution in [-0.4, -0.2) is 14.8 Å². The molecule has 0 amide bonds. The monoisotopic (exact) mass is 351 g/mol. The normalized spacial score (nSPS) is 10.5. The largest absolute Gasteiger partial charge is 0.444 e. The van der Waals surface area contributed by atoms with Crippen LogP contribution >= 0.6 is 11.8 Å². The van der Waals surface area contributed by atoms with Crippen LogP contribution in [0.3, 0.4) is 0 Å². The van der Waals surface area contributed by atoms with Crippen LogP contribution in [0.25, 0.3) is 11.6 Å². The zero-order chi connectivity index (χ0) is 17.5. The standard InChI is InChI=1S/C20H21N3OS/c1-3-4-5-9-12-17-13-14-18(24-17)19-21-22-20(23(19)2)25-15-16-10-7-6-8-11-16/h6-8,10-11,13-14H,3-5,15H2,1-2H3. The lowest BCUT2D eigenvalue weighted by atomic mass is 10.2. The second-order valence-electron chi connectivity index (χ2n) is 5.71. The average Bonchev–Trinajstić information content (AvgIpc) is 3.24. The fourth-order valence-electron chi connectivity index (χ4n) is 2.32. The third-order valence-corrected chi connectivity index (χ3v) is 4.83. The van der Waals surface area contributed by atoms with E-state index in [1.54, 1.807) is 11.8 Å². The van der Waals surface area contributed by atoms with Gasteiger partial charge in [0, 0.05) is 19.2 Å². The second-order valence-corrected chi connectivity index (χ2v) is 6.65. The van der Waals surface area contributed by atoms with Crippen LogP contribution in [0.4, 0.5) is 0 Å². The molecule has 0 N–H and O–H groups in total. The Morgan fingerprint density at radius 1 is 1.12 bits per heavy atom. The molecule has 0 aliphatic heterocycles. The highest BCUT2D eigenvalue weighted by Gasteiger charge is 2.14. The fraction of sp³-hybridized carbons (Fsp3) is 0.300. The van der Waals surface area contributed by atoms with E-state index in [1.807, 2.05) is 41.9 Å². The highest BCUT2D eigenvalue weighted by Crippen LogP contribution is 2.26. The van der Waals surface area contributed by atoms with Gasteiger partial charge >= 0.3 is 0 Å². The van der Waals surface area contributed by atoms with Gasteiger partial charge in [-0.3, -0.25) is 0 Å². The van der Waals surface area contributed by atoms with E-state index in [9.17, 15) is 0 Å². The van der Waals surface area contributed by atoms with Crippen molar-refractivity contribution in [1.82, 2.24) is 14.8 Å². The fourth-order valence-corrected chi connectivity index (χ4v) is 3.18. The lowest BCUT2D eigenvalue weighted by Crippen LogP contribution is -1.94. The number of nitrogens with zero attached hydrogens (tertiary/aromatic N) is 3. The van der Waals surface area contributed by atoms with E-state index in [0.717, 1.165) is 36.0 Å². The molecule has 0 aliphatic rings. The van der Waals surface area contributed by atoms with E-state index < -0.39 is 0 Å². The molecule has 0 radical (unpaired) electrons. The number of unbranched alkanes of at least 4 members (excludes halogenated alkanes) is 2. The molecule has 1 aromatic carbocycles. The summed E-state index contributed by atoms with van der Waals surface area (Å²) < 4.78 is 7.76. The van der Waals surface area contributed by atoms with Crippen molar-refractivity contribution in [2.45, 2.75) is 37.1 Å². The molecule has 128 valence electrons. The van der Waals surface area contributed by atoms with Gasteiger partial charge in [-0.1, -0.05) is 61.4 Å². The summed E-state index contributed by atoms with van der Waals surface area (Å²) in [7, 11) is 1.96. The Morgan fingerprint density at radius 3 is 2.76 bits per heavy atom. The summed E-state index contributed by atoms with van der Waals surface area (Å²) in [5.41, 5.74) is 1.26. The lowest BCUT2D eigenvalue weighted by molar-refractivity contribution is 0.560. The second kappa shape index (κ2) is 8.59. The van der Waals surface area contributed by atoms with E-state index in [0.29, 0.717) is 11.5 Å². The molecule has 2 heterocycles. The minimum atomic E-state index is 0.674. The number of aromatic nitrogens is 3. The first kappa shape index (κ1) is 17.4. The van der Waals surface area contributed by atoms with Gasteiger partial charge in [-0.25, -0.2) is 0 Å². The van der Waals surface area contributed by atoms with E-state index in [-0.39, 0.29) is 0 Å². The van der Waals surface area contributed by atoms with Crippen LogP contribution in [0.15, 0.2) is 52.0 Å². The summed E-state index contributed by atoms with van der Waals surface area (Å²) in [5, 5.41) is 9.42. The van der Waals surface area contributed by atoms with Crippen LogP contribution in [0.5, 0.6) is 0 Å². The minimum Gasteiger partial charge on any atom is -0.444 e. The summed E-state index contributed by atoms with van der Waals surface area (Å²) >= 11 is 1.66. The van der Waals surface area contributed by atoms with Crippen LogP contribution in [-0.2, 0) is 12.8 Å². The first-order chi connectivity index (χ1) is 12.3. The zero-order valence-corrected chi connectivity index (χ0v) is 15.3. The molecule has 0 fully saturated rings. The first-order valence-electron chi connectivity index (χ1n) is 8.43. The molecule has 4 nitrogen and oxygen atoms in total. The number of furan rings is 1. The summed E-state index contributed by atoms with van der Waals surface area (Å²) in [6, 6.07) is 14.1. The van der Waals surface area contributed by atoms with Crippen molar-refractivity contribution < 1.29 is 4.42 Å². The first-order valence-corrected chi connectivity index (χ1v) is 9.41. The SMILES string of the molecule is CCCCC#Cc1ccc(-c2nnc(SCc3ccccc3)n2C)o1. The highest BCUT2D eigenvalue weighted by atomic mass is 32.2. The van der Waals surface area contributed by atoms with E-state index >= 15 is 0 Å². The van der Waals surface area contributed by atoms with Gasteiger partial charge in [-0.2, -0.15) is 0 Å². The average molecular weight is 351 g/mol. The van der Waals surface area contributed by atoms with Crippen molar-refractivity contribution in [3.05, 3.63) is 53.8 Å². The summed E-state index contributed by atoms with van der Waals surface area (Å²) in [4.78, 5) is 0. The molecule has 0 atom stereocenters. The van der Waals surface area contributed by atoms with E-state index in [4.69, 9.17) is 4.42 Å². The van der Waals surface area contributed by atoms with Gasteiger partial charge in [-0.05, 0) is 30.0 Å². The van der Waals surface area contributed by atoms with Gasteiger partial charge in [0.2, 0.25) is 0 Å². The van der Waals surface area contributed by atoms with Crippen molar-refractivity contribution in [3.63, 3.8) is 0 Å². The molecule has 2 aromatic heterocycles. The van der Waals surface area contributed by atoms with Gasteiger partial charge in [0.15, 0.2) is 22.5 Å². The molecule has 0 saturated carbocycles. The van der Waals surface area contributed by atoms with Gasteiger partial charge in [-0.15, -0.1) is 10.2 Å². The Labute approximate surface area is 152 Å². The molecule has 3 rings (SSSR count). The van der Waals surface area contributed by atoms with E-state index in [2.05, 4.69) is 41.1 Å².